The monoisotopic (exact) mass is 952 g/mol. The van der Waals surface area contributed by atoms with E-state index in [-0.39, 0.29) is 0 Å². The van der Waals surface area contributed by atoms with Gasteiger partial charge in [0.2, 0.25) is 0 Å². The summed E-state index contributed by atoms with van der Waals surface area (Å²) in [6.45, 7) is 0. The van der Waals surface area contributed by atoms with Crippen molar-refractivity contribution < 1.29 is 13.3 Å². The van der Waals surface area contributed by atoms with Crippen molar-refractivity contribution in [2.75, 3.05) is 0 Å². The van der Waals surface area contributed by atoms with Crippen LogP contribution in [0.3, 0.4) is 0 Å². The van der Waals surface area contributed by atoms with Gasteiger partial charge in [-0.1, -0.05) is 182 Å². The van der Waals surface area contributed by atoms with E-state index in [1.54, 1.807) is 0 Å². The van der Waals surface area contributed by atoms with Crippen LogP contribution in [0.2, 0.25) is 0 Å². The zero-order valence-electron chi connectivity index (χ0n) is 40.3. The summed E-state index contributed by atoms with van der Waals surface area (Å²) in [5, 5.41) is 20.9. The zero-order chi connectivity index (χ0) is 48.9. The number of furan rings is 3. The number of benzene rings is 14. The highest BCUT2D eigenvalue weighted by Crippen LogP contribution is 2.50. The fraction of sp³-hybridized carbons (Fsp3) is 0. The molecule has 0 aliphatic carbocycles. The van der Waals surface area contributed by atoms with Crippen molar-refractivity contribution in [2.24, 2.45) is 0 Å². The minimum Gasteiger partial charge on any atom is -0.456 e. The van der Waals surface area contributed by atoms with Gasteiger partial charge >= 0.3 is 0 Å². The van der Waals surface area contributed by atoms with Crippen LogP contribution in [0.5, 0.6) is 0 Å². The van der Waals surface area contributed by atoms with Crippen LogP contribution in [0.25, 0.3) is 175 Å². The van der Waals surface area contributed by atoms with Gasteiger partial charge in [0.05, 0.1) is 0 Å². The molecule has 0 N–H and O–H groups in total. The number of rotatable bonds is 4. The van der Waals surface area contributed by atoms with Crippen LogP contribution in [0, 0.1) is 0 Å². The van der Waals surface area contributed by atoms with Crippen molar-refractivity contribution in [3.8, 4) is 44.5 Å². The molecule has 0 radical (unpaired) electrons. The average molecular weight is 953 g/mol. The van der Waals surface area contributed by atoms with E-state index in [2.05, 4.69) is 243 Å². The molecule has 0 unspecified atom stereocenters. The molecule has 346 valence electrons. The number of hydrogen-bond donors (Lipinski definition) is 0. The Morgan fingerprint density at radius 2 is 0.533 bits per heavy atom. The summed E-state index contributed by atoms with van der Waals surface area (Å²) in [5.41, 5.74) is 14.6. The molecule has 0 bridgehead atoms. The molecule has 17 aromatic rings. The summed E-state index contributed by atoms with van der Waals surface area (Å²) < 4.78 is 20.2. The molecule has 3 nitrogen and oxygen atoms in total. The molecule has 0 saturated carbocycles. The number of hydrogen-bond acceptors (Lipinski definition) is 3. The lowest BCUT2D eigenvalue weighted by atomic mass is 9.85. The minimum atomic E-state index is 0.857. The predicted molar refractivity (Wildman–Crippen MR) is 315 cm³/mol. The third-order valence-electron chi connectivity index (χ3n) is 16.2. The molecule has 3 aromatic heterocycles. The summed E-state index contributed by atoms with van der Waals surface area (Å²) in [6, 6.07) is 88.1. The molecule has 0 atom stereocenters. The molecule has 0 aliphatic heterocycles. The largest absolute Gasteiger partial charge is 0.456 e. The van der Waals surface area contributed by atoms with Crippen molar-refractivity contribution >= 4 is 130 Å². The van der Waals surface area contributed by atoms with Crippen LogP contribution in [0.1, 0.15) is 0 Å². The molecule has 0 saturated heterocycles. The molecule has 0 fully saturated rings. The predicted octanol–water partition coefficient (Wildman–Crippen LogP) is 21.0. The first kappa shape index (κ1) is 40.6. The Balaban J connectivity index is 0.841. The second kappa shape index (κ2) is 15.3. The molecule has 0 spiro atoms. The summed E-state index contributed by atoms with van der Waals surface area (Å²) in [7, 11) is 0. The first-order chi connectivity index (χ1) is 37.2. The van der Waals surface area contributed by atoms with Crippen molar-refractivity contribution in [1.29, 1.82) is 0 Å². The summed E-state index contributed by atoms with van der Waals surface area (Å²) in [6.07, 6.45) is 0. The minimum absolute atomic E-state index is 0.857. The SMILES string of the molecule is c1ccc2cc3c(cc2c1)oc1ccc(-c2c4ccccc4c(-c4ccc5c(c4)oc4c(-c6c7ccccc7c(-c7ccc8oc9cc%10ccccc%10cc9c8c7)c7ccccc67)cccc45)c4ccccc24)cc13. The van der Waals surface area contributed by atoms with Crippen LogP contribution in [0.15, 0.2) is 256 Å². The molecule has 3 heteroatoms. The average Bonchev–Trinajstić information content (AvgIpc) is 4.15. The molecular formula is C72H40O3. The van der Waals surface area contributed by atoms with Crippen LogP contribution in [-0.4, -0.2) is 0 Å². The molecule has 0 aliphatic rings. The topological polar surface area (TPSA) is 39.4 Å². The standard InChI is InChI=1S/C72H40O3/c1-3-16-43-38-66-61(34-41(43)14-1)59-36-45(29-32-63(59)73-66)68-49-18-5-7-20-51(49)70(52-21-8-6-19-50(52)68)47-28-31-48-57-26-13-27-58(72(57)75-65(48)40-47)71-55-24-11-9-22-53(55)69(54-23-10-12-25-56(54)71)46-30-33-64-60(37-46)62-35-42-15-2-4-17-44(42)39-67(62)74-64/h1-40H. The van der Waals surface area contributed by atoms with Crippen LogP contribution >= 0.6 is 0 Å². The van der Waals surface area contributed by atoms with E-state index in [9.17, 15) is 0 Å². The maximum atomic E-state index is 7.22. The van der Waals surface area contributed by atoms with Crippen LogP contribution < -0.4 is 0 Å². The Hall–Kier alpha value is -9.96. The van der Waals surface area contributed by atoms with Crippen molar-refractivity contribution in [1.82, 2.24) is 0 Å². The van der Waals surface area contributed by atoms with E-state index >= 15 is 0 Å². The highest BCUT2D eigenvalue weighted by molar-refractivity contribution is 6.26. The van der Waals surface area contributed by atoms with Crippen molar-refractivity contribution in [2.45, 2.75) is 0 Å². The molecular weight excluding hydrogens is 913 g/mol. The van der Waals surface area contributed by atoms with Gasteiger partial charge in [-0.3, -0.25) is 0 Å². The van der Waals surface area contributed by atoms with Gasteiger partial charge in [-0.2, -0.15) is 0 Å². The van der Waals surface area contributed by atoms with Crippen LogP contribution in [-0.2, 0) is 0 Å². The maximum Gasteiger partial charge on any atom is 0.143 e. The fourth-order valence-corrected chi connectivity index (χ4v) is 12.9. The second-order valence-electron chi connectivity index (χ2n) is 20.2. The lowest BCUT2D eigenvalue weighted by Gasteiger charge is -2.18. The molecule has 0 amide bonds. The van der Waals surface area contributed by atoms with Crippen LogP contribution in [0.4, 0.5) is 0 Å². The van der Waals surface area contributed by atoms with Crippen molar-refractivity contribution in [3.63, 3.8) is 0 Å². The normalized spacial score (nSPS) is 12.3. The molecule has 14 aromatic carbocycles. The van der Waals surface area contributed by atoms with Gasteiger partial charge in [0.1, 0.15) is 33.5 Å². The second-order valence-corrected chi connectivity index (χ2v) is 20.2. The third kappa shape index (κ3) is 5.86. The first-order valence-corrected chi connectivity index (χ1v) is 25.7. The lowest BCUT2D eigenvalue weighted by Crippen LogP contribution is -1.91. The molecule has 75 heavy (non-hydrogen) atoms. The highest BCUT2D eigenvalue weighted by Gasteiger charge is 2.23. The van der Waals surface area contributed by atoms with E-state index in [1.165, 1.54) is 86.9 Å². The smallest absolute Gasteiger partial charge is 0.143 e. The van der Waals surface area contributed by atoms with Gasteiger partial charge in [0, 0.05) is 43.4 Å². The van der Waals surface area contributed by atoms with E-state index < -0.39 is 0 Å². The van der Waals surface area contributed by atoms with Gasteiger partial charge < -0.3 is 13.3 Å². The van der Waals surface area contributed by atoms with E-state index in [4.69, 9.17) is 13.3 Å². The number of fused-ring (bicyclic) bond motifs is 15. The molecule has 17 rings (SSSR count). The Morgan fingerprint density at radius 1 is 0.187 bits per heavy atom. The fourth-order valence-electron chi connectivity index (χ4n) is 12.9. The van der Waals surface area contributed by atoms with E-state index in [0.717, 1.165) is 88.1 Å². The summed E-state index contributed by atoms with van der Waals surface area (Å²) in [5.74, 6) is 0. The Labute approximate surface area is 428 Å². The molecule has 3 heterocycles. The first-order valence-electron chi connectivity index (χ1n) is 25.7. The number of para-hydroxylation sites is 1. The summed E-state index contributed by atoms with van der Waals surface area (Å²) in [4.78, 5) is 0. The Morgan fingerprint density at radius 3 is 0.987 bits per heavy atom. The van der Waals surface area contributed by atoms with Gasteiger partial charge in [0.15, 0.2) is 0 Å². The zero-order valence-corrected chi connectivity index (χ0v) is 40.3. The van der Waals surface area contributed by atoms with E-state index in [0.29, 0.717) is 0 Å². The van der Waals surface area contributed by atoms with E-state index in [1.807, 2.05) is 0 Å². The Kier molecular flexibility index (Phi) is 8.28. The summed E-state index contributed by atoms with van der Waals surface area (Å²) >= 11 is 0. The quantitative estimate of drug-likeness (QED) is 0.165. The highest BCUT2D eigenvalue weighted by atomic mass is 16.3. The van der Waals surface area contributed by atoms with Gasteiger partial charge in [-0.15, -0.1) is 0 Å². The maximum absolute atomic E-state index is 7.22. The van der Waals surface area contributed by atoms with Crippen molar-refractivity contribution in [3.05, 3.63) is 243 Å². The van der Waals surface area contributed by atoms with Gasteiger partial charge in [0.25, 0.3) is 0 Å². The Bertz CT molecular complexity index is 5200. The van der Waals surface area contributed by atoms with Gasteiger partial charge in [-0.25, -0.2) is 0 Å². The lowest BCUT2D eigenvalue weighted by molar-refractivity contribution is 0.669. The van der Waals surface area contributed by atoms with Gasteiger partial charge in [-0.05, 0) is 159 Å². The third-order valence-corrected chi connectivity index (χ3v) is 16.2.